The normalized spacial score (nSPS) is 36.7. The minimum atomic E-state index is 0.501. The van der Waals surface area contributed by atoms with Crippen LogP contribution in [0, 0.1) is 18.4 Å². The topological polar surface area (TPSA) is 20.2 Å². The Morgan fingerprint density at radius 3 is 2.22 bits per heavy atom. The molecule has 0 aromatic heterocycles. The van der Waals surface area contributed by atoms with Gasteiger partial charge < -0.3 is 5.11 Å². The van der Waals surface area contributed by atoms with Crippen LogP contribution in [0.2, 0.25) is 0 Å². The molecular formula is C8H15O. The maximum Gasteiger partial charge on any atom is 0.0829 e. The summed E-state index contributed by atoms with van der Waals surface area (Å²) in [6.07, 6.45) is 4.97. The van der Waals surface area contributed by atoms with Crippen LogP contribution < -0.4 is 0 Å². The number of hydrogen-bond donors (Lipinski definition) is 1. The fourth-order valence-electron chi connectivity index (χ4n) is 1.43. The Hall–Kier alpha value is -0.0400. The fourth-order valence-corrected chi connectivity index (χ4v) is 1.43. The van der Waals surface area contributed by atoms with E-state index in [0.717, 1.165) is 5.92 Å². The van der Waals surface area contributed by atoms with Crippen LogP contribution in [0.4, 0.5) is 0 Å². The molecule has 0 aromatic carbocycles. The second-order valence-corrected chi connectivity index (χ2v) is 3.17. The lowest BCUT2D eigenvalue weighted by atomic mass is 9.84. The molecule has 0 bridgehead atoms. The first-order valence-electron chi connectivity index (χ1n) is 3.80. The third-order valence-corrected chi connectivity index (χ3v) is 2.27. The summed E-state index contributed by atoms with van der Waals surface area (Å²) in [6.45, 7) is 3.65. The SMILES string of the molecule is CC1CCC([CH]O)CC1. The van der Waals surface area contributed by atoms with Crippen molar-refractivity contribution in [3.8, 4) is 0 Å². The highest BCUT2D eigenvalue weighted by atomic mass is 16.3. The second-order valence-electron chi connectivity index (χ2n) is 3.17. The molecule has 0 amide bonds. The van der Waals surface area contributed by atoms with Crippen LogP contribution in [0.25, 0.3) is 0 Å². The van der Waals surface area contributed by atoms with Gasteiger partial charge in [-0.05, 0) is 24.7 Å². The monoisotopic (exact) mass is 127 g/mol. The molecule has 1 nitrogen and oxygen atoms in total. The van der Waals surface area contributed by atoms with E-state index < -0.39 is 0 Å². The molecule has 9 heavy (non-hydrogen) atoms. The van der Waals surface area contributed by atoms with E-state index in [0.29, 0.717) is 5.92 Å². The molecule has 1 saturated carbocycles. The van der Waals surface area contributed by atoms with Gasteiger partial charge in [-0.2, -0.15) is 0 Å². The first kappa shape index (κ1) is 7.07. The highest BCUT2D eigenvalue weighted by Gasteiger charge is 2.16. The van der Waals surface area contributed by atoms with Gasteiger partial charge in [-0.25, -0.2) is 0 Å². The summed E-state index contributed by atoms with van der Waals surface area (Å²) in [5.74, 6) is 1.39. The minimum Gasteiger partial charge on any atom is -0.390 e. The molecule has 1 radical (unpaired) electrons. The van der Waals surface area contributed by atoms with Gasteiger partial charge in [0.1, 0.15) is 0 Å². The van der Waals surface area contributed by atoms with Crippen molar-refractivity contribution in [3.63, 3.8) is 0 Å². The van der Waals surface area contributed by atoms with Gasteiger partial charge in [-0.1, -0.05) is 19.8 Å². The first-order chi connectivity index (χ1) is 4.33. The molecule has 1 fully saturated rings. The van der Waals surface area contributed by atoms with E-state index >= 15 is 0 Å². The molecular weight excluding hydrogens is 112 g/mol. The molecule has 0 atom stereocenters. The second kappa shape index (κ2) is 3.21. The highest BCUT2D eigenvalue weighted by molar-refractivity contribution is 4.73. The van der Waals surface area contributed by atoms with Crippen molar-refractivity contribution in [3.05, 3.63) is 6.61 Å². The standard InChI is InChI=1S/C8H15O/c1-7-2-4-8(6-9)5-3-7/h6-9H,2-5H2,1H3. The lowest BCUT2D eigenvalue weighted by molar-refractivity contribution is 0.234. The lowest BCUT2D eigenvalue weighted by Crippen LogP contribution is -2.12. The third kappa shape index (κ3) is 1.98. The molecule has 0 aromatic rings. The Bertz CT molecular complexity index is 72.6. The molecule has 0 saturated heterocycles. The molecule has 1 rings (SSSR count). The van der Waals surface area contributed by atoms with Gasteiger partial charge in [0.25, 0.3) is 0 Å². The zero-order chi connectivity index (χ0) is 6.69. The third-order valence-electron chi connectivity index (χ3n) is 2.27. The zero-order valence-electron chi connectivity index (χ0n) is 6.01. The summed E-state index contributed by atoms with van der Waals surface area (Å²) in [6, 6.07) is 0. The van der Waals surface area contributed by atoms with Crippen LogP contribution in [0.15, 0.2) is 0 Å². The van der Waals surface area contributed by atoms with Crippen molar-refractivity contribution >= 4 is 0 Å². The van der Waals surface area contributed by atoms with Gasteiger partial charge in [0.05, 0.1) is 6.61 Å². The molecule has 0 aliphatic heterocycles. The number of hydrogen-bond acceptors (Lipinski definition) is 1. The van der Waals surface area contributed by atoms with Crippen LogP contribution in [0.5, 0.6) is 0 Å². The minimum absolute atomic E-state index is 0.501. The maximum absolute atomic E-state index is 8.65. The van der Waals surface area contributed by atoms with Crippen molar-refractivity contribution in [2.75, 3.05) is 0 Å². The predicted octanol–water partition coefficient (Wildman–Crippen LogP) is 2.35. The molecule has 53 valence electrons. The molecule has 1 aliphatic carbocycles. The Balaban J connectivity index is 2.18. The van der Waals surface area contributed by atoms with Gasteiger partial charge in [0.2, 0.25) is 0 Å². The first-order valence-corrected chi connectivity index (χ1v) is 3.80. The lowest BCUT2D eigenvalue weighted by Gasteiger charge is -2.23. The van der Waals surface area contributed by atoms with Gasteiger partial charge in [0, 0.05) is 0 Å². The van der Waals surface area contributed by atoms with Crippen molar-refractivity contribution < 1.29 is 5.11 Å². The van der Waals surface area contributed by atoms with Crippen LogP contribution in [-0.2, 0) is 0 Å². The highest BCUT2D eigenvalue weighted by Crippen LogP contribution is 2.28. The summed E-state index contributed by atoms with van der Waals surface area (Å²) in [7, 11) is 0. The largest absolute Gasteiger partial charge is 0.390 e. The van der Waals surface area contributed by atoms with Crippen LogP contribution >= 0.6 is 0 Å². The molecule has 0 heterocycles. The van der Waals surface area contributed by atoms with Crippen LogP contribution in [-0.4, -0.2) is 5.11 Å². The zero-order valence-corrected chi connectivity index (χ0v) is 6.01. The van der Waals surface area contributed by atoms with Crippen LogP contribution in [0.3, 0.4) is 0 Å². The van der Waals surface area contributed by atoms with Gasteiger partial charge in [0.15, 0.2) is 0 Å². The number of aliphatic hydroxyl groups is 1. The Kier molecular flexibility index (Phi) is 2.52. The number of rotatable bonds is 1. The quantitative estimate of drug-likeness (QED) is 0.573. The van der Waals surface area contributed by atoms with E-state index in [1.807, 2.05) is 0 Å². The van der Waals surface area contributed by atoms with Crippen molar-refractivity contribution in [2.24, 2.45) is 11.8 Å². The van der Waals surface area contributed by atoms with E-state index in [-0.39, 0.29) is 0 Å². The maximum atomic E-state index is 8.65. The van der Waals surface area contributed by atoms with E-state index in [4.69, 9.17) is 5.11 Å². The van der Waals surface area contributed by atoms with Crippen molar-refractivity contribution in [1.82, 2.24) is 0 Å². The van der Waals surface area contributed by atoms with Crippen LogP contribution in [0.1, 0.15) is 32.6 Å². The Morgan fingerprint density at radius 2 is 1.78 bits per heavy atom. The van der Waals surface area contributed by atoms with E-state index in [1.54, 1.807) is 0 Å². The van der Waals surface area contributed by atoms with Crippen molar-refractivity contribution in [1.29, 1.82) is 0 Å². The van der Waals surface area contributed by atoms with E-state index in [2.05, 4.69) is 6.92 Å². The molecule has 0 unspecified atom stereocenters. The Labute approximate surface area is 57.1 Å². The average Bonchev–Trinajstić information content (AvgIpc) is 1.90. The summed E-state index contributed by atoms with van der Waals surface area (Å²) < 4.78 is 0. The summed E-state index contributed by atoms with van der Waals surface area (Å²) in [5, 5.41) is 8.65. The van der Waals surface area contributed by atoms with Gasteiger partial charge in [-0.15, -0.1) is 0 Å². The predicted molar refractivity (Wildman–Crippen MR) is 37.4 cm³/mol. The average molecular weight is 127 g/mol. The van der Waals surface area contributed by atoms with Crippen molar-refractivity contribution in [2.45, 2.75) is 32.6 Å². The summed E-state index contributed by atoms with van der Waals surface area (Å²) >= 11 is 0. The molecule has 0 spiro atoms. The summed E-state index contributed by atoms with van der Waals surface area (Å²) in [5.41, 5.74) is 0. The molecule has 1 N–H and O–H groups in total. The van der Waals surface area contributed by atoms with Gasteiger partial charge in [-0.3, -0.25) is 0 Å². The molecule has 1 aliphatic rings. The summed E-state index contributed by atoms with van der Waals surface area (Å²) in [4.78, 5) is 0. The van der Waals surface area contributed by atoms with E-state index in [9.17, 15) is 0 Å². The number of aliphatic hydroxyl groups excluding tert-OH is 1. The molecule has 1 heteroatoms. The fraction of sp³-hybridized carbons (Fsp3) is 0.875. The van der Waals surface area contributed by atoms with E-state index in [1.165, 1.54) is 32.3 Å². The Morgan fingerprint density at radius 1 is 1.22 bits per heavy atom. The van der Waals surface area contributed by atoms with Gasteiger partial charge >= 0.3 is 0 Å². The smallest absolute Gasteiger partial charge is 0.0829 e.